The van der Waals surface area contributed by atoms with Crippen molar-refractivity contribution in [2.45, 2.75) is 97.3 Å². The highest BCUT2D eigenvalue weighted by Gasteiger charge is 2.39. The van der Waals surface area contributed by atoms with E-state index in [1.807, 2.05) is 72.7 Å². The molecule has 3 heterocycles. The van der Waals surface area contributed by atoms with Crippen LogP contribution >= 0.6 is 0 Å². The Morgan fingerprint density at radius 2 is 1.73 bits per heavy atom. The van der Waals surface area contributed by atoms with Gasteiger partial charge in [0.1, 0.15) is 34.4 Å². The number of piperidine rings is 1. The number of pyridine rings is 1. The summed E-state index contributed by atoms with van der Waals surface area (Å²) in [5, 5.41) is 18.8. The summed E-state index contributed by atoms with van der Waals surface area (Å²) in [5.74, 6) is 1.31. The summed E-state index contributed by atoms with van der Waals surface area (Å²) in [6.07, 6.45) is 4.12. The molecule has 11 heteroatoms. The molecule has 11 nitrogen and oxygen atoms in total. The fraction of sp³-hybridized carbons (Fsp3) is 0.529. The summed E-state index contributed by atoms with van der Waals surface area (Å²) in [6, 6.07) is 11.4. The predicted molar refractivity (Wildman–Crippen MR) is 172 cm³/mol. The highest BCUT2D eigenvalue weighted by Crippen LogP contribution is 2.51. The zero-order valence-electron chi connectivity index (χ0n) is 27.3. The molecule has 1 aliphatic carbocycles. The molecule has 2 amide bonds. The second kappa shape index (κ2) is 12.5. The molecule has 45 heavy (non-hydrogen) atoms. The summed E-state index contributed by atoms with van der Waals surface area (Å²) in [6.45, 7) is 14.5. The molecular weight excluding hydrogens is 572 g/mol. The number of ether oxygens (including phenoxy) is 3. The molecule has 0 unspecified atom stereocenters. The minimum atomic E-state index is -0.759. The van der Waals surface area contributed by atoms with Gasteiger partial charge in [-0.3, -0.25) is 0 Å². The van der Waals surface area contributed by atoms with Gasteiger partial charge in [-0.25, -0.2) is 19.0 Å². The number of carbonyl (C=O) groups excluding carboxylic acids is 2. The van der Waals surface area contributed by atoms with E-state index >= 15 is 0 Å². The second-order valence-electron chi connectivity index (χ2n) is 13.7. The smallest absolute Gasteiger partial charge is 0.420 e. The molecular formula is C34H44N6O5. The number of anilines is 3. The molecule has 1 aromatic carbocycles. The van der Waals surface area contributed by atoms with Crippen LogP contribution in [0.25, 0.3) is 5.52 Å². The number of rotatable bonds is 7. The number of amides is 2. The Labute approximate surface area is 265 Å². The van der Waals surface area contributed by atoms with Crippen molar-refractivity contribution in [3.05, 3.63) is 47.7 Å². The van der Waals surface area contributed by atoms with Crippen LogP contribution in [0.15, 0.2) is 36.5 Å². The van der Waals surface area contributed by atoms with Gasteiger partial charge < -0.3 is 24.4 Å². The summed E-state index contributed by atoms with van der Waals surface area (Å²) >= 11 is 0. The number of benzene rings is 1. The Hall–Kier alpha value is -4.46. The van der Waals surface area contributed by atoms with Crippen LogP contribution in [0.3, 0.4) is 0 Å². The summed E-state index contributed by atoms with van der Waals surface area (Å²) in [5.41, 5.74) is 1.73. The molecule has 0 radical (unpaired) electrons. The molecule has 5 rings (SSSR count). The number of likely N-dealkylation sites (tertiary alicyclic amines) is 1. The fourth-order valence-corrected chi connectivity index (χ4v) is 5.66. The number of carbonyl (C=O) groups is 2. The summed E-state index contributed by atoms with van der Waals surface area (Å²) < 4.78 is 19.0. The molecule has 240 valence electrons. The van der Waals surface area contributed by atoms with Crippen molar-refractivity contribution >= 4 is 34.9 Å². The van der Waals surface area contributed by atoms with E-state index in [-0.39, 0.29) is 18.1 Å². The van der Waals surface area contributed by atoms with Crippen LogP contribution in [-0.2, 0) is 9.47 Å². The monoisotopic (exact) mass is 616 g/mol. The number of hydrogen-bond donors (Lipinski definition) is 1. The highest BCUT2D eigenvalue weighted by atomic mass is 16.6. The number of fused-ring (bicyclic) bond motifs is 1. The summed E-state index contributed by atoms with van der Waals surface area (Å²) in [7, 11) is 0. The normalized spacial score (nSPS) is 17.0. The van der Waals surface area contributed by atoms with Gasteiger partial charge in [0.2, 0.25) is 0 Å². The first-order valence-electron chi connectivity index (χ1n) is 15.7. The van der Waals surface area contributed by atoms with Crippen LogP contribution in [0.2, 0.25) is 0 Å². The Bertz CT molecular complexity index is 1590. The largest absolute Gasteiger partial charge is 0.494 e. The van der Waals surface area contributed by atoms with Crippen LogP contribution in [0, 0.1) is 11.3 Å². The molecule has 2 aliphatic rings. The van der Waals surface area contributed by atoms with Crippen LogP contribution in [0.5, 0.6) is 5.75 Å². The fourth-order valence-electron chi connectivity index (χ4n) is 5.66. The predicted octanol–water partition coefficient (Wildman–Crippen LogP) is 7.37. The SMILES string of the molecule is CCOc1ccc(N(C(=O)OC(C)(C)C)c2c(C3CC3)c(N[C@H]3CCCN(C(=O)OC(C)(C)C)C3)c(C#N)c3ccnn23)cc1. The topological polar surface area (TPSA) is 121 Å². The molecule has 3 aromatic rings. The second-order valence-corrected chi connectivity index (χ2v) is 13.7. The van der Waals surface area contributed by atoms with Crippen LogP contribution in [0.1, 0.15) is 91.2 Å². The van der Waals surface area contributed by atoms with Gasteiger partial charge >= 0.3 is 12.2 Å². The lowest BCUT2D eigenvalue weighted by atomic mass is 10.00. The Balaban J connectivity index is 1.64. The van der Waals surface area contributed by atoms with E-state index in [0.717, 1.165) is 31.2 Å². The molecule has 1 N–H and O–H groups in total. The lowest BCUT2D eigenvalue weighted by Gasteiger charge is -2.36. The van der Waals surface area contributed by atoms with Crippen LogP contribution in [0.4, 0.5) is 26.8 Å². The quantitative estimate of drug-likeness (QED) is 0.292. The molecule has 1 atom stereocenters. The number of nitrogens with one attached hydrogen (secondary N) is 1. The molecule has 1 aliphatic heterocycles. The van der Waals surface area contributed by atoms with Crippen molar-refractivity contribution in [3.63, 3.8) is 0 Å². The average Bonchev–Trinajstić information content (AvgIpc) is 3.68. The molecule has 2 fully saturated rings. The van der Waals surface area contributed by atoms with E-state index in [1.54, 1.807) is 26.6 Å². The standard InChI is InChI=1S/C34H44N6O5/c1-8-43-25-15-13-24(14-16-25)39(32(42)45-34(5,6)7)30-28(22-11-12-22)29(26(20-35)27-17-18-36-40(27)30)37-23-10-9-19-38(21-23)31(41)44-33(2,3)4/h13-18,22-23,37H,8-12,19,21H2,1-7H3/t23-/m0/s1. The molecule has 0 bridgehead atoms. The van der Waals surface area contributed by atoms with Gasteiger partial charge in [-0.15, -0.1) is 0 Å². The van der Waals surface area contributed by atoms with Gasteiger partial charge in [0.05, 0.1) is 29.7 Å². The van der Waals surface area contributed by atoms with E-state index in [0.29, 0.717) is 53.7 Å². The summed E-state index contributed by atoms with van der Waals surface area (Å²) in [4.78, 5) is 30.3. The number of nitriles is 1. The zero-order valence-corrected chi connectivity index (χ0v) is 27.3. The third-order valence-corrected chi connectivity index (χ3v) is 7.57. The van der Waals surface area contributed by atoms with Crippen molar-refractivity contribution in [1.82, 2.24) is 14.5 Å². The van der Waals surface area contributed by atoms with Gasteiger partial charge in [-0.1, -0.05) is 0 Å². The molecule has 2 aromatic heterocycles. The molecule has 0 spiro atoms. The lowest BCUT2D eigenvalue weighted by molar-refractivity contribution is 0.0206. The average molecular weight is 617 g/mol. The van der Waals surface area contributed by atoms with Crippen molar-refractivity contribution in [2.75, 3.05) is 29.9 Å². The van der Waals surface area contributed by atoms with E-state index in [9.17, 15) is 14.9 Å². The van der Waals surface area contributed by atoms with Gasteiger partial charge in [0, 0.05) is 24.7 Å². The number of aromatic nitrogens is 2. The number of nitrogens with zero attached hydrogens (tertiary/aromatic N) is 5. The third kappa shape index (κ3) is 7.27. The van der Waals surface area contributed by atoms with Crippen LogP contribution in [-0.4, -0.2) is 63.6 Å². The van der Waals surface area contributed by atoms with Gasteiger partial charge in [0.25, 0.3) is 0 Å². The van der Waals surface area contributed by atoms with Gasteiger partial charge in [0.15, 0.2) is 0 Å². The maximum Gasteiger partial charge on any atom is 0.420 e. The van der Waals surface area contributed by atoms with E-state index < -0.39 is 17.3 Å². The third-order valence-electron chi connectivity index (χ3n) is 7.57. The molecule has 1 saturated heterocycles. The first kappa shape index (κ1) is 31.9. The Morgan fingerprint density at radius 3 is 2.33 bits per heavy atom. The van der Waals surface area contributed by atoms with Crippen LogP contribution < -0.4 is 15.0 Å². The van der Waals surface area contributed by atoms with Gasteiger partial charge in [-0.2, -0.15) is 10.4 Å². The lowest BCUT2D eigenvalue weighted by Crippen LogP contribution is -2.47. The Morgan fingerprint density at radius 1 is 1.04 bits per heavy atom. The first-order chi connectivity index (χ1) is 21.3. The Kier molecular flexibility index (Phi) is 8.88. The van der Waals surface area contributed by atoms with Crippen molar-refractivity contribution in [1.29, 1.82) is 5.26 Å². The van der Waals surface area contributed by atoms with Gasteiger partial charge in [-0.05, 0) is 110 Å². The molecule has 1 saturated carbocycles. The maximum absolute atomic E-state index is 14.1. The minimum absolute atomic E-state index is 0.0985. The van der Waals surface area contributed by atoms with Crippen molar-refractivity contribution in [3.8, 4) is 11.8 Å². The minimum Gasteiger partial charge on any atom is -0.494 e. The first-order valence-corrected chi connectivity index (χ1v) is 15.7. The number of hydrogen-bond acceptors (Lipinski definition) is 8. The maximum atomic E-state index is 14.1. The highest BCUT2D eigenvalue weighted by molar-refractivity contribution is 5.99. The van der Waals surface area contributed by atoms with E-state index in [2.05, 4.69) is 16.5 Å². The van der Waals surface area contributed by atoms with Crippen molar-refractivity contribution < 1.29 is 23.8 Å². The zero-order chi connectivity index (χ0) is 32.5. The van der Waals surface area contributed by atoms with E-state index in [1.165, 1.54) is 0 Å². The van der Waals surface area contributed by atoms with Crippen molar-refractivity contribution in [2.24, 2.45) is 0 Å². The van der Waals surface area contributed by atoms with E-state index in [4.69, 9.17) is 14.2 Å².